The zero-order valence-corrected chi connectivity index (χ0v) is 24.3. The van der Waals surface area contributed by atoms with Crippen LogP contribution in [0.2, 0.25) is 0 Å². The second kappa shape index (κ2) is 12.5. The molecule has 2 aromatic rings. The van der Waals surface area contributed by atoms with Crippen LogP contribution < -0.4 is 9.80 Å². The molecule has 0 saturated carbocycles. The van der Waals surface area contributed by atoms with E-state index >= 15 is 0 Å². The maximum atomic E-state index is 13.7. The lowest BCUT2D eigenvalue weighted by molar-refractivity contribution is 0.0724. The number of nitrogens with zero attached hydrogens (tertiary/aromatic N) is 4. The monoisotopic (exact) mass is 540 g/mol. The van der Waals surface area contributed by atoms with Crippen LogP contribution in [-0.2, 0) is 16.3 Å². The van der Waals surface area contributed by atoms with Crippen LogP contribution >= 0.6 is 0 Å². The number of carbonyl (C=O) groups excluding carboxylic acids is 1. The maximum absolute atomic E-state index is 13.7. The summed E-state index contributed by atoms with van der Waals surface area (Å²) in [5.41, 5.74) is 3.40. The molecule has 0 atom stereocenters. The van der Waals surface area contributed by atoms with Gasteiger partial charge in [0.05, 0.1) is 21.8 Å². The largest absolute Gasteiger partial charge is 0.373 e. The van der Waals surface area contributed by atoms with Crippen LogP contribution in [0.5, 0.6) is 0 Å². The fraction of sp³-hybridized carbons (Fsp3) is 0.567. The van der Waals surface area contributed by atoms with E-state index in [0.717, 1.165) is 89.2 Å². The van der Waals surface area contributed by atoms with Crippen molar-refractivity contribution in [3.63, 3.8) is 0 Å². The topological polar surface area (TPSA) is 64.2 Å². The second-order valence-corrected chi connectivity index (χ2v) is 13.3. The summed E-state index contributed by atoms with van der Waals surface area (Å²) in [4.78, 5) is 22.3. The maximum Gasteiger partial charge on any atom is 0.256 e. The summed E-state index contributed by atoms with van der Waals surface area (Å²) in [7, 11) is 2.53. The van der Waals surface area contributed by atoms with Gasteiger partial charge in [0.1, 0.15) is 0 Å². The van der Waals surface area contributed by atoms with Gasteiger partial charge in [-0.05, 0) is 76.2 Å². The van der Waals surface area contributed by atoms with Crippen molar-refractivity contribution >= 4 is 27.1 Å². The Bertz CT molecular complexity index is 1190. The van der Waals surface area contributed by atoms with Gasteiger partial charge in [-0.1, -0.05) is 30.3 Å². The Balaban J connectivity index is 1.66. The molecule has 208 valence electrons. The molecule has 0 spiro atoms. The lowest BCUT2D eigenvalue weighted by Gasteiger charge is -2.36. The number of benzene rings is 2. The minimum absolute atomic E-state index is 0.0607. The molecule has 0 radical (unpaired) electrons. The van der Waals surface area contributed by atoms with Gasteiger partial charge < -0.3 is 19.6 Å². The first kappa shape index (κ1) is 28.4. The van der Waals surface area contributed by atoms with E-state index in [9.17, 15) is 13.2 Å². The third-order valence-electron chi connectivity index (χ3n) is 7.97. The van der Waals surface area contributed by atoms with Crippen molar-refractivity contribution in [1.29, 1.82) is 0 Å². The van der Waals surface area contributed by atoms with Crippen molar-refractivity contribution in [1.82, 2.24) is 9.80 Å². The summed E-state index contributed by atoms with van der Waals surface area (Å²) in [5, 5.41) is 0. The van der Waals surface area contributed by atoms with Gasteiger partial charge in [-0.2, -0.15) is 0 Å². The van der Waals surface area contributed by atoms with Crippen LogP contribution in [0.1, 0.15) is 48.0 Å². The highest BCUT2D eigenvalue weighted by atomic mass is 32.2. The van der Waals surface area contributed by atoms with E-state index in [1.165, 1.54) is 11.8 Å². The molecule has 0 aliphatic carbocycles. The summed E-state index contributed by atoms with van der Waals surface area (Å²) in [6.07, 6.45) is 7.46. The van der Waals surface area contributed by atoms with Crippen molar-refractivity contribution in [2.24, 2.45) is 5.92 Å². The molecule has 0 aromatic heterocycles. The lowest BCUT2D eigenvalue weighted by atomic mass is 9.90. The Hall–Kier alpha value is -2.58. The molecular formula is C30H44N4O3S. The van der Waals surface area contributed by atoms with Crippen molar-refractivity contribution < 1.29 is 13.2 Å². The highest BCUT2D eigenvalue weighted by molar-refractivity contribution is 7.90. The standard InChI is InChI=1S/C30H44N4O3S/c1-31(2)19-20-32(3)27-23-28(33-17-13-25(14-18-33)21-24-11-7-5-8-12-24)29(38(4,36)37)22-26(27)30(35)34-15-9-6-10-16-34/h5,7-8,11-12,22-23,25H,6,9-10,13-21H2,1-4H3. The Morgan fingerprint density at radius 2 is 1.58 bits per heavy atom. The number of piperidine rings is 2. The number of anilines is 2. The summed E-state index contributed by atoms with van der Waals surface area (Å²) < 4.78 is 26.2. The summed E-state index contributed by atoms with van der Waals surface area (Å²) >= 11 is 0. The molecule has 2 aliphatic heterocycles. The normalized spacial score (nSPS) is 17.2. The first-order chi connectivity index (χ1) is 18.1. The third-order valence-corrected chi connectivity index (χ3v) is 9.09. The molecule has 8 heteroatoms. The number of likely N-dealkylation sites (N-methyl/N-ethyl adjacent to an activating group) is 2. The molecule has 7 nitrogen and oxygen atoms in total. The number of carbonyl (C=O) groups is 1. The highest BCUT2D eigenvalue weighted by Gasteiger charge is 2.30. The Kier molecular flexibility index (Phi) is 9.36. The predicted molar refractivity (Wildman–Crippen MR) is 156 cm³/mol. The molecule has 0 N–H and O–H groups in total. The smallest absolute Gasteiger partial charge is 0.256 e. The van der Waals surface area contributed by atoms with Crippen LogP contribution in [-0.4, -0.2) is 90.8 Å². The van der Waals surface area contributed by atoms with Crippen molar-refractivity contribution in [3.05, 3.63) is 53.6 Å². The van der Waals surface area contributed by atoms with E-state index in [4.69, 9.17) is 0 Å². The highest BCUT2D eigenvalue weighted by Crippen LogP contribution is 2.37. The Morgan fingerprint density at radius 3 is 2.18 bits per heavy atom. The van der Waals surface area contributed by atoms with E-state index in [2.05, 4.69) is 39.0 Å². The van der Waals surface area contributed by atoms with Crippen LogP contribution in [0, 0.1) is 5.92 Å². The molecule has 2 saturated heterocycles. The van der Waals surface area contributed by atoms with Gasteiger partial charge in [-0.3, -0.25) is 4.79 Å². The number of rotatable bonds is 9. The van der Waals surface area contributed by atoms with E-state index in [1.807, 2.05) is 38.2 Å². The first-order valence-electron chi connectivity index (χ1n) is 14.0. The van der Waals surface area contributed by atoms with E-state index < -0.39 is 9.84 Å². The number of sulfone groups is 1. The minimum atomic E-state index is -3.54. The summed E-state index contributed by atoms with van der Waals surface area (Å²) in [6, 6.07) is 14.2. The average Bonchev–Trinajstić information content (AvgIpc) is 2.91. The number of hydrogen-bond donors (Lipinski definition) is 0. The molecule has 38 heavy (non-hydrogen) atoms. The molecule has 0 unspecified atom stereocenters. The zero-order valence-electron chi connectivity index (χ0n) is 23.5. The molecule has 0 bridgehead atoms. The van der Waals surface area contributed by atoms with Gasteiger partial charge in [-0.25, -0.2) is 8.42 Å². The molecule has 2 fully saturated rings. The second-order valence-electron chi connectivity index (χ2n) is 11.3. The molecule has 2 aliphatic rings. The van der Waals surface area contributed by atoms with Crippen LogP contribution in [0.25, 0.3) is 0 Å². The molecule has 2 aromatic carbocycles. The van der Waals surface area contributed by atoms with Gasteiger partial charge in [-0.15, -0.1) is 0 Å². The summed E-state index contributed by atoms with van der Waals surface area (Å²) in [6.45, 7) is 4.64. The summed E-state index contributed by atoms with van der Waals surface area (Å²) in [5.74, 6) is 0.520. The van der Waals surface area contributed by atoms with E-state index in [1.54, 1.807) is 6.07 Å². The SMILES string of the molecule is CN(C)CCN(C)c1cc(N2CCC(Cc3ccccc3)CC2)c(S(C)(=O)=O)cc1C(=O)N1CCCCC1. The first-order valence-corrected chi connectivity index (χ1v) is 15.8. The van der Waals surface area contributed by atoms with Crippen LogP contribution in [0.3, 0.4) is 0 Å². The Labute approximate surface area is 229 Å². The zero-order chi connectivity index (χ0) is 27.3. The van der Waals surface area contributed by atoms with Gasteiger partial charge in [0.25, 0.3) is 5.91 Å². The van der Waals surface area contributed by atoms with E-state index in [-0.39, 0.29) is 10.8 Å². The third kappa shape index (κ3) is 7.08. The number of amides is 1. The van der Waals surface area contributed by atoms with E-state index in [0.29, 0.717) is 11.5 Å². The van der Waals surface area contributed by atoms with Crippen molar-refractivity contribution in [2.45, 2.75) is 43.4 Å². The van der Waals surface area contributed by atoms with Crippen LogP contribution in [0.4, 0.5) is 11.4 Å². The van der Waals surface area contributed by atoms with Crippen molar-refractivity contribution in [2.75, 3.05) is 76.5 Å². The minimum Gasteiger partial charge on any atom is -0.373 e. The van der Waals surface area contributed by atoms with Gasteiger partial charge in [0.15, 0.2) is 9.84 Å². The van der Waals surface area contributed by atoms with Gasteiger partial charge >= 0.3 is 0 Å². The molecular weight excluding hydrogens is 496 g/mol. The fourth-order valence-electron chi connectivity index (χ4n) is 5.65. The number of likely N-dealkylation sites (tertiary alicyclic amines) is 1. The Morgan fingerprint density at radius 1 is 0.921 bits per heavy atom. The predicted octanol–water partition coefficient (Wildman–Crippen LogP) is 4.17. The van der Waals surface area contributed by atoms with Crippen LogP contribution in [0.15, 0.2) is 47.4 Å². The average molecular weight is 541 g/mol. The lowest BCUT2D eigenvalue weighted by Crippen LogP contribution is -2.38. The molecule has 1 amide bonds. The quantitative estimate of drug-likeness (QED) is 0.476. The van der Waals surface area contributed by atoms with Crippen molar-refractivity contribution in [3.8, 4) is 0 Å². The fourth-order valence-corrected chi connectivity index (χ4v) is 6.55. The van der Waals surface area contributed by atoms with Gasteiger partial charge in [0, 0.05) is 52.6 Å². The number of hydrogen-bond acceptors (Lipinski definition) is 6. The van der Waals surface area contributed by atoms with Gasteiger partial charge in [0.2, 0.25) is 0 Å². The molecule has 4 rings (SSSR count). The molecule has 2 heterocycles.